The molecular formula is C6H11NO3. The molecule has 10 heavy (non-hydrogen) atoms. The summed E-state index contributed by atoms with van der Waals surface area (Å²) in [5.41, 5.74) is 0. The second-order valence-electron chi connectivity index (χ2n) is 1.59. The average Bonchev–Trinajstić information content (AvgIpc) is 1.97. The lowest BCUT2D eigenvalue weighted by atomic mass is 10.5. The molecule has 0 fully saturated rings. The summed E-state index contributed by atoms with van der Waals surface area (Å²) in [6.45, 7) is 3.81. The fourth-order valence-corrected chi connectivity index (χ4v) is 0.366. The van der Waals surface area contributed by atoms with E-state index < -0.39 is 0 Å². The molecular weight excluding hydrogens is 134 g/mol. The fourth-order valence-electron chi connectivity index (χ4n) is 0.366. The zero-order valence-electron chi connectivity index (χ0n) is 5.71. The molecule has 0 aliphatic carbocycles. The highest BCUT2D eigenvalue weighted by molar-refractivity contribution is 5.69. The predicted octanol–water partition coefficient (Wildman–Crippen LogP) is -0.00400. The van der Waals surface area contributed by atoms with Crippen molar-refractivity contribution in [3.8, 4) is 0 Å². The second-order valence-corrected chi connectivity index (χ2v) is 1.59. The Bertz CT molecular complexity index is 114. The molecule has 0 unspecified atom stereocenters. The lowest BCUT2D eigenvalue weighted by molar-refractivity contribution is -0.143. The smallest absolute Gasteiger partial charge is 0.308 e. The number of nitrogens with two attached hydrogens (primary N) is 1. The van der Waals surface area contributed by atoms with Crippen molar-refractivity contribution in [1.82, 2.24) is 0 Å². The number of hydrogen-bond acceptors (Lipinski definition) is 4. The highest BCUT2D eigenvalue weighted by Crippen LogP contribution is 1.85. The summed E-state index contributed by atoms with van der Waals surface area (Å²) in [6.07, 6.45) is 1.69. The first-order valence-electron chi connectivity index (χ1n) is 2.89. The van der Waals surface area contributed by atoms with Gasteiger partial charge in [-0.25, -0.2) is 5.90 Å². The van der Waals surface area contributed by atoms with E-state index in [4.69, 9.17) is 0 Å². The van der Waals surface area contributed by atoms with Gasteiger partial charge in [-0.15, -0.1) is 0 Å². The molecule has 0 rings (SSSR count). The third kappa shape index (κ3) is 5.27. The Morgan fingerprint density at radius 3 is 2.90 bits per heavy atom. The lowest BCUT2D eigenvalue weighted by Gasteiger charge is -1.98. The molecule has 0 bridgehead atoms. The molecule has 0 heterocycles. The van der Waals surface area contributed by atoms with Gasteiger partial charge >= 0.3 is 5.97 Å². The summed E-state index contributed by atoms with van der Waals surface area (Å²) in [6, 6.07) is 0. The summed E-state index contributed by atoms with van der Waals surface area (Å²) in [7, 11) is 0. The number of rotatable bonds is 5. The highest BCUT2D eigenvalue weighted by Gasteiger charge is 1.98. The molecule has 0 aromatic rings. The third-order valence-corrected chi connectivity index (χ3v) is 0.786. The molecule has 4 nitrogen and oxygen atoms in total. The van der Waals surface area contributed by atoms with E-state index >= 15 is 0 Å². The van der Waals surface area contributed by atoms with Crippen LogP contribution in [0.1, 0.15) is 6.42 Å². The van der Waals surface area contributed by atoms with Gasteiger partial charge in [-0.1, -0.05) is 12.7 Å². The van der Waals surface area contributed by atoms with Gasteiger partial charge in [-0.05, 0) is 0 Å². The van der Waals surface area contributed by atoms with E-state index in [0.29, 0.717) is 0 Å². The van der Waals surface area contributed by atoms with Gasteiger partial charge in [-0.2, -0.15) is 0 Å². The number of carbonyl (C=O) groups is 1. The Hall–Kier alpha value is -0.870. The van der Waals surface area contributed by atoms with E-state index in [2.05, 4.69) is 22.1 Å². The summed E-state index contributed by atoms with van der Waals surface area (Å²) >= 11 is 0. The normalized spacial score (nSPS) is 8.90. The van der Waals surface area contributed by atoms with E-state index in [1.807, 2.05) is 0 Å². The quantitative estimate of drug-likeness (QED) is 0.336. The molecule has 58 valence electrons. The van der Waals surface area contributed by atoms with Crippen LogP contribution in [0, 0.1) is 0 Å². The fraction of sp³-hybridized carbons (Fsp3) is 0.500. The first-order chi connectivity index (χ1) is 4.81. The minimum absolute atomic E-state index is 0.185. The van der Waals surface area contributed by atoms with Gasteiger partial charge in [0.1, 0.15) is 6.61 Å². The third-order valence-electron chi connectivity index (χ3n) is 0.786. The summed E-state index contributed by atoms with van der Waals surface area (Å²) < 4.78 is 4.60. The first kappa shape index (κ1) is 9.13. The van der Waals surface area contributed by atoms with E-state index in [9.17, 15) is 4.79 Å². The standard InChI is InChI=1S/C6H11NO3/c1-2-4-9-6(8)3-5-10-7/h2H,1,3-5,7H2. The zero-order chi connectivity index (χ0) is 7.82. The molecule has 0 saturated carbocycles. The van der Waals surface area contributed by atoms with Crippen LogP contribution in [0.25, 0.3) is 0 Å². The monoisotopic (exact) mass is 145 g/mol. The predicted molar refractivity (Wildman–Crippen MR) is 35.9 cm³/mol. The second kappa shape index (κ2) is 6.25. The molecule has 0 amide bonds. The van der Waals surface area contributed by atoms with Crippen LogP contribution in [0.5, 0.6) is 0 Å². The molecule has 0 aromatic heterocycles. The average molecular weight is 145 g/mol. The maximum atomic E-state index is 10.6. The molecule has 0 aliphatic heterocycles. The Labute approximate surface area is 59.6 Å². The van der Waals surface area contributed by atoms with Crippen molar-refractivity contribution >= 4 is 5.97 Å². The largest absolute Gasteiger partial charge is 0.461 e. The van der Waals surface area contributed by atoms with Gasteiger partial charge in [-0.3, -0.25) is 4.79 Å². The summed E-state index contributed by atoms with van der Waals surface area (Å²) in [5.74, 6) is 4.35. The van der Waals surface area contributed by atoms with Gasteiger partial charge in [0.25, 0.3) is 0 Å². The Morgan fingerprint density at radius 1 is 1.70 bits per heavy atom. The highest BCUT2D eigenvalue weighted by atomic mass is 16.6. The van der Waals surface area contributed by atoms with Crippen LogP contribution >= 0.6 is 0 Å². The van der Waals surface area contributed by atoms with Crippen molar-refractivity contribution in [2.75, 3.05) is 13.2 Å². The summed E-state index contributed by atoms with van der Waals surface area (Å²) in [5, 5.41) is 0. The molecule has 0 aliphatic rings. The van der Waals surface area contributed by atoms with Crippen LogP contribution in [0.3, 0.4) is 0 Å². The van der Waals surface area contributed by atoms with E-state index in [0.717, 1.165) is 0 Å². The van der Waals surface area contributed by atoms with Crippen LogP contribution in [-0.4, -0.2) is 19.2 Å². The summed E-state index contributed by atoms with van der Waals surface area (Å²) in [4.78, 5) is 14.7. The topological polar surface area (TPSA) is 61.5 Å². The van der Waals surface area contributed by atoms with Crippen molar-refractivity contribution in [2.45, 2.75) is 6.42 Å². The Balaban J connectivity index is 3.16. The van der Waals surface area contributed by atoms with E-state index in [1.54, 1.807) is 0 Å². The van der Waals surface area contributed by atoms with Gasteiger partial charge in [0, 0.05) is 0 Å². The molecule has 4 heteroatoms. The van der Waals surface area contributed by atoms with Gasteiger partial charge < -0.3 is 9.57 Å². The number of ether oxygens (including phenoxy) is 1. The van der Waals surface area contributed by atoms with Crippen LogP contribution in [-0.2, 0) is 14.4 Å². The molecule has 0 radical (unpaired) electrons. The molecule has 0 aromatic carbocycles. The maximum Gasteiger partial charge on any atom is 0.308 e. The van der Waals surface area contributed by atoms with Gasteiger partial charge in [0.05, 0.1) is 13.0 Å². The molecule has 0 spiro atoms. The number of esters is 1. The van der Waals surface area contributed by atoms with Crippen molar-refractivity contribution < 1.29 is 14.4 Å². The minimum Gasteiger partial charge on any atom is -0.461 e. The first-order valence-corrected chi connectivity index (χ1v) is 2.89. The van der Waals surface area contributed by atoms with Crippen molar-refractivity contribution in [3.63, 3.8) is 0 Å². The number of carbonyl (C=O) groups excluding carboxylic acids is 1. The van der Waals surface area contributed by atoms with Crippen molar-refractivity contribution in [2.24, 2.45) is 5.90 Å². The maximum absolute atomic E-state index is 10.6. The molecule has 0 atom stereocenters. The Morgan fingerprint density at radius 2 is 2.40 bits per heavy atom. The van der Waals surface area contributed by atoms with Crippen LogP contribution < -0.4 is 5.90 Å². The van der Waals surface area contributed by atoms with Crippen LogP contribution in [0.15, 0.2) is 12.7 Å². The molecule has 0 saturated heterocycles. The van der Waals surface area contributed by atoms with E-state index in [-0.39, 0.29) is 25.6 Å². The SMILES string of the molecule is C=CCOC(=O)CCON. The molecule has 2 N–H and O–H groups in total. The van der Waals surface area contributed by atoms with Crippen LogP contribution in [0.2, 0.25) is 0 Å². The van der Waals surface area contributed by atoms with Crippen LogP contribution in [0.4, 0.5) is 0 Å². The lowest BCUT2D eigenvalue weighted by Crippen LogP contribution is -2.10. The van der Waals surface area contributed by atoms with Gasteiger partial charge in [0.2, 0.25) is 0 Å². The van der Waals surface area contributed by atoms with E-state index in [1.165, 1.54) is 6.08 Å². The van der Waals surface area contributed by atoms with Crippen molar-refractivity contribution in [1.29, 1.82) is 0 Å². The van der Waals surface area contributed by atoms with Crippen molar-refractivity contribution in [3.05, 3.63) is 12.7 Å². The Kier molecular flexibility index (Phi) is 5.71. The minimum atomic E-state index is -0.328. The zero-order valence-corrected chi connectivity index (χ0v) is 5.71. The number of hydrogen-bond donors (Lipinski definition) is 1. The van der Waals surface area contributed by atoms with Gasteiger partial charge in [0.15, 0.2) is 0 Å².